The van der Waals surface area contributed by atoms with Crippen LogP contribution in [0.3, 0.4) is 0 Å². The molecule has 2 aromatic rings. The van der Waals surface area contributed by atoms with Gasteiger partial charge >= 0.3 is 0 Å². The van der Waals surface area contributed by atoms with Gasteiger partial charge in [0.05, 0.1) is 27.7 Å². The normalized spacial score (nSPS) is 11.6. The van der Waals surface area contributed by atoms with Crippen LogP contribution in [0.1, 0.15) is 36.2 Å². The Balaban J connectivity index is 2.19. The van der Waals surface area contributed by atoms with Crippen LogP contribution >= 0.6 is 0 Å². The zero-order chi connectivity index (χ0) is 26.0. The van der Waals surface area contributed by atoms with Gasteiger partial charge in [0.2, 0.25) is 0 Å². The van der Waals surface area contributed by atoms with Crippen molar-refractivity contribution in [1.82, 2.24) is 10.7 Å². The number of non-ortho nitro benzene ring substituents is 2. The SMILES string of the molecule is C=CCOc1ccccc1/C=N\NC(=O)[C@H](CC(C)C)NC(=O)c1cc([N+](=O)[O-])cc([N+](=O)[O-])c1. The molecule has 0 aliphatic heterocycles. The molecule has 0 saturated carbocycles. The second kappa shape index (κ2) is 12.6. The molecule has 0 spiro atoms. The van der Waals surface area contributed by atoms with E-state index in [1.165, 1.54) is 6.21 Å². The number of hydrogen-bond donors (Lipinski definition) is 2. The molecular formula is C23H25N5O7. The largest absolute Gasteiger partial charge is 0.489 e. The average Bonchev–Trinajstić information content (AvgIpc) is 2.82. The van der Waals surface area contributed by atoms with E-state index in [1.807, 2.05) is 13.8 Å². The van der Waals surface area contributed by atoms with Gasteiger partial charge in [-0.3, -0.25) is 29.8 Å². The number of nitrogens with one attached hydrogen (secondary N) is 2. The minimum atomic E-state index is -1.05. The molecule has 0 saturated heterocycles. The second-order valence-electron chi connectivity index (χ2n) is 7.78. The first-order valence-corrected chi connectivity index (χ1v) is 10.5. The summed E-state index contributed by atoms with van der Waals surface area (Å²) < 4.78 is 5.52. The third-order valence-corrected chi connectivity index (χ3v) is 4.57. The van der Waals surface area contributed by atoms with E-state index >= 15 is 0 Å². The van der Waals surface area contributed by atoms with Crippen molar-refractivity contribution in [2.45, 2.75) is 26.3 Å². The third kappa shape index (κ3) is 8.03. The number of benzene rings is 2. The monoisotopic (exact) mass is 483 g/mol. The molecule has 2 N–H and O–H groups in total. The van der Waals surface area contributed by atoms with Crippen LogP contribution in [0.15, 0.2) is 60.2 Å². The highest BCUT2D eigenvalue weighted by Gasteiger charge is 2.25. The van der Waals surface area contributed by atoms with Crippen LogP contribution in [-0.2, 0) is 4.79 Å². The third-order valence-electron chi connectivity index (χ3n) is 4.57. The van der Waals surface area contributed by atoms with Gasteiger partial charge in [0.15, 0.2) is 0 Å². The number of nitrogens with zero attached hydrogens (tertiary/aromatic N) is 3. The molecule has 184 valence electrons. The summed E-state index contributed by atoms with van der Waals surface area (Å²) in [4.78, 5) is 46.0. The van der Waals surface area contributed by atoms with Crippen LogP contribution in [0.5, 0.6) is 5.75 Å². The van der Waals surface area contributed by atoms with E-state index in [0.717, 1.165) is 18.2 Å². The molecule has 1 atom stereocenters. The molecule has 0 aromatic heterocycles. The zero-order valence-electron chi connectivity index (χ0n) is 19.2. The lowest BCUT2D eigenvalue weighted by Crippen LogP contribution is -2.46. The zero-order valence-corrected chi connectivity index (χ0v) is 19.2. The number of hydrogen-bond acceptors (Lipinski definition) is 8. The summed E-state index contributed by atoms with van der Waals surface area (Å²) in [6.45, 7) is 7.55. The van der Waals surface area contributed by atoms with Gasteiger partial charge in [0, 0.05) is 17.7 Å². The number of hydrazone groups is 1. The second-order valence-corrected chi connectivity index (χ2v) is 7.78. The van der Waals surface area contributed by atoms with Crippen molar-refractivity contribution in [3.05, 3.63) is 86.5 Å². The molecule has 12 heteroatoms. The number of nitro benzene ring substituents is 2. The summed E-state index contributed by atoms with van der Waals surface area (Å²) in [5.41, 5.74) is 1.41. The first kappa shape index (κ1) is 26.6. The Kier molecular flexibility index (Phi) is 9.58. The minimum Gasteiger partial charge on any atom is -0.489 e. The first-order valence-electron chi connectivity index (χ1n) is 10.5. The Morgan fingerprint density at radius 1 is 1.11 bits per heavy atom. The van der Waals surface area contributed by atoms with Crippen LogP contribution in [0.4, 0.5) is 11.4 Å². The molecule has 0 radical (unpaired) electrons. The van der Waals surface area contributed by atoms with Gasteiger partial charge in [-0.2, -0.15) is 5.10 Å². The van der Waals surface area contributed by atoms with E-state index in [2.05, 4.69) is 22.4 Å². The summed E-state index contributed by atoms with van der Waals surface area (Å²) in [7, 11) is 0. The highest BCUT2D eigenvalue weighted by Crippen LogP contribution is 2.23. The lowest BCUT2D eigenvalue weighted by Gasteiger charge is -2.19. The highest BCUT2D eigenvalue weighted by molar-refractivity contribution is 5.98. The lowest BCUT2D eigenvalue weighted by molar-refractivity contribution is -0.394. The number of ether oxygens (including phenoxy) is 1. The van der Waals surface area contributed by atoms with E-state index < -0.39 is 39.1 Å². The molecule has 0 aliphatic rings. The van der Waals surface area contributed by atoms with Crippen molar-refractivity contribution >= 4 is 29.4 Å². The summed E-state index contributed by atoms with van der Waals surface area (Å²) in [6.07, 6.45) is 3.20. The van der Waals surface area contributed by atoms with Crippen LogP contribution in [0.25, 0.3) is 0 Å². The van der Waals surface area contributed by atoms with Gasteiger partial charge < -0.3 is 10.1 Å². The molecule has 2 amide bonds. The van der Waals surface area contributed by atoms with Crippen LogP contribution in [0.2, 0.25) is 0 Å². The van der Waals surface area contributed by atoms with Crippen molar-refractivity contribution in [2.24, 2.45) is 11.0 Å². The Hall–Kier alpha value is -4.61. The predicted octanol–water partition coefficient (Wildman–Crippen LogP) is 3.36. The Labute approximate surface area is 201 Å². The van der Waals surface area contributed by atoms with E-state index in [4.69, 9.17) is 4.74 Å². The number of carbonyl (C=O) groups excluding carboxylic acids is 2. The van der Waals surface area contributed by atoms with Crippen molar-refractivity contribution in [3.8, 4) is 5.75 Å². The average molecular weight is 483 g/mol. The fraction of sp³-hybridized carbons (Fsp3) is 0.261. The predicted molar refractivity (Wildman–Crippen MR) is 128 cm³/mol. The fourth-order valence-corrected chi connectivity index (χ4v) is 2.99. The number of para-hydroxylation sites is 1. The molecule has 0 aliphatic carbocycles. The van der Waals surface area contributed by atoms with Gasteiger partial charge in [0.1, 0.15) is 18.4 Å². The lowest BCUT2D eigenvalue weighted by atomic mass is 10.0. The van der Waals surface area contributed by atoms with Crippen molar-refractivity contribution in [1.29, 1.82) is 0 Å². The topological polar surface area (TPSA) is 166 Å². The smallest absolute Gasteiger partial charge is 0.277 e. The number of rotatable bonds is 12. The van der Waals surface area contributed by atoms with E-state index in [1.54, 1.807) is 30.3 Å². The molecule has 0 unspecified atom stereocenters. The highest BCUT2D eigenvalue weighted by atomic mass is 16.6. The fourth-order valence-electron chi connectivity index (χ4n) is 2.99. The van der Waals surface area contributed by atoms with Crippen LogP contribution < -0.4 is 15.5 Å². The van der Waals surface area contributed by atoms with Crippen LogP contribution in [-0.4, -0.2) is 40.5 Å². The van der Waals surface area contributed by atoms with E-state index in [0.29, 0.717) is 11.3 Å². The quantitative estimate of drug-likeness (QED) is 0.202. The molecule has 0 fully saturated rings. The maximum Gasteiger partial charge on any atom is 0.277 e. The van der Waals surface area contributed by atoms with Gasteiger partial charge in [-0.25, -0.2) is 5.43 Å². The summed E-state index contributed by atoms with van der Waals surface area (Å²) in [6, 6.07) is 8.52. The number of nitro groups is 2. The van der Waals surface area contributed by atoms with Crippen molar-refractivity contribution in [3.63, 3.8) is 0 Å². The molecule has 2 rings (SSSR count). The van der Waals surface area contributed by atoms with E-state index in [9.17, 15) is 29.8 Å². The van der Waals surface area contributed by atoms with Crippen molar-refractivity contribution in [2.75, 3.05) is 6.61 Å². The van der Waals surface area contributed by atoms with Gasteiger partial charge in [-0.1, -0.05) is 38.6 Å². The Bertz CT molecular complexity index is 1110. The first-order chi connectivity index (χ1) is 16.6. The molecular weight excluding hydrogens is 458 g/mol. The van der Waals surface area contributed by atoms with Crippen LogP contribution in [0, 0.1) is 26.1 Å². The summed E-state index contributed by atoms with van der Waals surface area (Å²) in [5.74, 6) is -0.982. The molecule has 0 heterocycles. The minimum absolute atomic E-state index is 0.0116. The number of carbonyl (C=O) groups is 2. The Morgan fingerprint density at radius 2 is 1.74 bits per heavy atom. The molecule has 35 heavy (non-hydrogen) atoms. The van der Waals surface area contributed by atoms with Gasteiger partial charge in [-0.05, 0) is 24.5 Å². The molecule has 12 nitrogen and oxygen atoms in total. The van der Waals surface area contributed by atoms with Crippen molar-refractivity contribution < 1.29 is 24.2 Å². The molecule has 2 aromatic carbocycles. The maximum atomic E-state index is 12.7. The maximum absolute atomic E-state index is 12.7. The number of amides is 2. The standard InChI is InChI=1S/C23H25N5O7/c1-4-9-35-21-8-6-5-7-16(21)14-24-26-23(30)20(10-15(2)3)25-22(29)17-11-18(27(31)32)13-19(12-17)28(33)34/h4-8,11-15,20H,1,9-10H2,2-3H3,(H,25,29)(H,26,30)/b24-14-/t20-/m0/s1. The van der Waals surface area contributed by atoms with Gasteiger partial charge in [0.25, 0.3) is 23.2 Å². The summed E-state index contributed by atoms with van der Waals surface area (Å²) >= 11 is 0. The van der Waals surface area contributed by atoms with Gasteiger partial charge in [-0.15, -0.1) is 0 Å². The molecule has 0 bridgehead atoms. The van der Waals surface area contributed by atoms with E-state index in [-0.39, 0.29) is 24.5 Å². The summed E-state index contributed by atoms with van der Waals surface area (Å²) in [5, 5.41) is 28.6. The Morgan fingerprint density at radius 3 is 2.31 bits per heavy atom.